The zero-order valence-electron chi connectivity index (χ0n) is 17.0. The first-order valence-corrected chi connectivity index (χ1v) is 10.1. The number of benzene rings is 1. The maximum Gasteiger partial charge on any atom is 0.191 e. The fourth-order valence-electron chi connectivity index (χ4n) is 3.28. The van der Waals surface area contributed by atoms with Crippen LogP contribution in [0, 0.1) is 0 Å². The summed E-state index contributed by atoms with van der Waals surface area (Å²) in [5.41, 5.74) is 2.31. The summed E-state index contributed by atoms with van der Waals surface area (Å²) < 4.78 is 7.38. The molecule has 1 aromatic carbocycles. The number of aromatic nitrogens is 2. The fourth-order valence-corrected chi connectivity index (χ4v) is 3.41. The first-order valence-electron chi connectivity index (χ1n) is 9.73. The van der Waals surface area contributed by atoms with Crippen molar-refractivity contribution >= 4 is 41.5 Å². The second-order valence-corrected chi connectivity index (χ2v) is 7.17. The Morgan fingerprint density at radius 1 is 1.21 bits per heavy atom. The van der Waals surface area contributed by atoms with Gasteiger partial charge in [-0.05, 0) is 30.7 Å². The molecule has 2 aromatic rings. The lowest BCUT2D eigenvalue weighted by molar-refractivity contribution is 0.0170. The highest BCUT2D eigenvalue weighted by molar-refractivity contribution is 14.0. The van der Waals surface area contributed by atoms with Gasteiger partial charge in [0.15, 0.2) is 5.96 Å². The van der Waals surface area contributed by atoms with Crippen molar-refractivity contribution < 1.29 is 4.74 Å². The van der Waals surface area contributed by atoms with Gasteiger partial charge < -0.3 is 15.4 Å². The number of nitrogens with zero attached hydrogens (tertiary/aromatic N) is 4. The van der Waals surface area contributed by atoms with Crippen LogP contribution in [0.5, 0.6) is 0 Å². The smallest absolute Gasteiger partial charge is 0.191 e. The highest BCUT2D eigenvalue weighted by Crippen LogP contribution is 2.23. The maximum atomic E-state index is 6.09. The minimum absolute atomic E-state index is 0. The van der Waals surface area contributed by atoms with Gasteiger partial charge >= 0.3 is 0 Å². The van der Waals surface area contributed by atoms with E-state index in [0.717, 1.165) is 56.1 Å². The van der Waals surface area contributed by atoms with E-state index in [1.54, 1.807) is 6.20 Å². The Labute approximate surface area is 194 Å². The van der Waals surface area contributed by atoms with Crippen molar-refractivity contribution in [2.24, 2.45) is 12.0 Å². The molecule has 0 saturated carbocycles. The molecule has 1 atom stereocenters. The Hall–Kier alpha value is -1.36. The summed E-state index contributed by atoms with van der Waals surface area (Å²) in [7, 11) is 1.93. The Balaban J connectivity index is 0.00000300. The third-order valence-electron chi connectivity index (χ3n) is 4.87. The number of nitrogens with one attached hydrogen (secondary N) is 2. The lowest BCUT2D eigenvalue weighted by atomic mass is 10.0. The van der Waals surface area contributed by atoms with Crippen molar-refractivity contribution in [3.8, 4) is 0 Å². The molecule has 2 N–H and O–H groups in total. The van der Waals surface area contributed by atoms with Gasteiger partial charge in [-0.3, -0.25) is 9.58 Å². The number of aryl methyl sites for hydroxylation is 1. The molecule has 160 valence electrons. The van der Waals surface area contributed by atoms with E-state index < -0.39 is 0 Å². The normalized spacial score (nSPS) is 16.2. The van der Waals surface area contributed by atoms with Gasteiger partial charge in [-0.15, -0.1) is 24.0 Å². The molecule has 2 heterocycles. The first kappa shape index (κ1) is 23.9. The van der Waals surface area contributed by atoms with Crippen molar-refractivity contribution in [1.82, 2.24) is 25.3 Å². The highest BCUT2D eigenvalue weighted by Gasteiger charge is 2.23. The second-order valence-electron chi connectivity index (χ2n) is 6.74. The average molecular weight is 533 g/mol. The molecule has 3 rings (SSSR count). The molecule has 0 amide bonds. The van der Waals surface area contributed by atoms with Crippen molar-refractivity contribution in [3.63, 3.8) is 0 Å². The number of ether oxygens (including phenoxy) is 1. The molecule has 0 radical (unpaired) electrons. The number of morpholine rings is 1. The first-order chi connectivity index (χ1) is 13.7. The standard InChI is InChI=1S/C20H29ClN6O.HI/c1-3-22-20(23-14-18-8-9-25-26(18)2)24-15-19(27-10-12-28-13-11-27)16-4-6-17(21)7-5-16;/h4-9,19H,3,10-15H2,1-2H3,(H2,22,23,24);1H. The van der Waals surface area contributed by atoms with Crippen molar-refractivity contribution in [2.75, 3.05) is 39.4 Å². The lowest BCUT2D eigenvalue weighted by Crippen LogP contribution is -2.46. The molecule has 29 heavy (non-hydrogen) atoms. The van der Waals surface area contributed by atoms with Crippen LogP contribution in [0.1, 0.15) is 24.2 Å². The van der Waals surface area contributed by atoms with Crippen LogP contribution >= 0.6 is 35.6 Å². The van der Waals surface area contributed by atoms with Gasteiger partial charge in [-0.25, -0.2) is 4.99 Å². The third-order valence-corrected chi connectivity index (χ3v) is 5.12. The Kier molecular flexibility index (Phi) is 10.2. The van der Waals surface area contributed by atoms with Crippen LogP contribution in [0.2, 0.25) is 5.02 Å². The van der Waals surface area contributed by atoms with Crippen LogP contribution < -0.4 is 10.6 Å². The molecule has 0 aliphatic carbocycles. The van der Waals surface area contributed by atoms with Gasteiger partial charge in [-0.2, -0.15) is 5.10 Å². The van der Waals surface area contributed by atoms with Gasteiger partial charge in [0, 0.05) is 44.4 Å². The van der Waals surface area contributed by atoms with E-state index in [1.807, 2.05) is 29.9 Å². The molecule has 1 unspecified atom stereocenters. The van der Waals surface area contributed by atoms with Gasteiger partial charge in [0.05, 0.1) is 31.5 Å². The Morgan fingerprint density at radius 3 is 2.55 bits per heavy atom. The second kappa shape index (κ2) is 12.4. The zero-order valence-corrected chi connectivity index (χ0v) is 20.1. The van der Waals surface area contributed by atoms with Crippen LogP contribution in [0.15, 0.2) is 41.5 Å². The summed E-state index contributed by atoms with van der Waals surface area (Å²) in [6, 6.07) is 10.3. The third kappa shape index (κ3) is 7.13. The molecule has 1 aliphatic rings. The molecule has 7 nitrogen and oxygen atoms in total. The monoisotopic (exact) mass is 532 g/mol. The van der Waals surface area contributed by atoms with Crippen molar-refractivity contribution in [1.29, 1.82) is 0 Å². The predicted octanol–water partition coefficient (Wildman–Crippen LogP) is 2.82. The summed E-state index contributed by atoms with van der Waals surface area (Å²) in [5, 5.41) is 11.8. The van der Waals surface area contributed by atoms with Crippen LogP contribution in [-0.4, -0.2) is 60.0 Å². The number of guanidine groups is 1. The van der Waals surface area contributed by atoms with E-state index in [1.165, 1.54) is 5.56 Å². The summed E-state index contributed by atoms with van der Waals surface area (Å²) in [6.07, 6.45) is 1.79. The van der Waals surface area contributed by atoms with E-state index in [0.29, 0.717) is 6.54 Å². The Morgan fingerprint density at radius 2 is 1.93 bits per heavy atom. The van der Waals surface area contributed by atoms with Gasteiger partial charge in [-0.1, -0.05) is 23.7 Å². The van der Waals surface area contributed by atoms with Crippen molar-refractivity contribution in [3.05, 3.63) is 52.8 Å². The topological polar surface area (TPSA) is 66.7 Å². The van der Waals surface area contributed by atoms with Crippen molar-refractivity contribution in [2.45, 2.75) is 19.5 Å². The number of aliphatic imine (C=N–C) groups is 1. The molecular formula is C20H30ClIN6O. The van der Waals surface area contributed by atoms with Crippen LogP contribution in [0.4, 0.5) is 0 Å². The minimum atomic E-state index is 0. The fraction of sp³-hybridized carbons (Fsp3) is 0.500. The van der Waals surface area contributed by atoms with Crippen LogP contribution in [0.25, 0.3) is 0 Å². The number of hydrogen-bond acceptors (Lipinski definition) is 4. The van der Waals surface area contributed by atoms with Gasteiger partial charge in [0.25, 0.3) is 0 Å². The Bertz CT molecular complexity index is 761. The molecule has 1 fully saturated rings. The number of hydrogen-bond donors (Lipinski definition) is 2. The predicted molar refractivity (Wildman–Crippen MR) is 128 cm³/mol. The molecule has 0 bridgehead atoms. The summed E-state index contributed by atoms with van der Waals surface area (Å²) >= 11 is 6.09. The van der Waals surface area contributed by atoms with Crippen LogP contribution in [-0.2, 0) is 18.3 Å². The zero-order chi connectivity index (χ0) is 19.8. The number of rotatable bonds is 7. The average Bonchev–Trinajstić information content (AvgIpc) is 3.13. The van der Waals surface area contributed by atoms with E-state index in [9.17, 15) is 0 Å². The van der Waals surface area contributed by atoms with Crippen LogP contribution in [0.3, 0.4) is 0 Å². The summed E-state index contributed by atoms with van der Waals surface area (Å²) in [4.78, 5) is 7.16. The van der Waals surface area contributed by atoms with E-state index in [2.05, 4.69) is 39.7 Å². The molecule has 1 saturated heterocycles. The van der Waals surface area contributed by atoms with E-state index in [4.69, 9.17) is 21.3 Å². The quantitative estimate of drug-likeness (QED) is 0.326. The highest BCUT2D eigenvalue weighted by atomic mass is 127. The largest absolute Gasteiger partial charge is 0.379 e. The summed E-state index contributed by atoms with van der Waals surface area (Å²) in [6.45, 7) is 7.56. The molecule has 1 aromatic heterocycles. The number of halogens is 2. The molecule has 1 aliphatic heterocycles. The van der Waals surface area contributed by atoms with Gasteiger partial charge in [0.2, 0.25) is 0 Å². The molecular weight excluding hydrogens is 503 g/mol. The van der Waals surface area contributed by atoms with E-state index in [-0.39, 0.29) is 30.0 Å². The summed E-state index contributed by atoms with van der Waals surface area (Å²) in [5.74, 6) is 0.802. The van der Waals surface area contributed by atoms with Gasteiger partial charge in [0.1, 0.15) is 0 Å². The molecule has 9 heteroatoms. The maximum absolute atomic E-state index is 6.09. The minimum Gasteiger partial charge on any atom is -0.379 e. The lowest BCUT2D eigenvalue weighted by Gasteiger charge is -2.35. The van der Waals surface area contributed by atoms with E-state index >= 15 is 0 Å². The SMILES string of the molecule is CCNC(=NCc1ccnn1C)NCC(c1ccc(Cl)cc1)N1CCOCC1.I. The molecule has 0 spiro atoms.